The van der Waals surface area contributed by atoms with E-state index in [2.05, 4.69) is 10.2 Å². The van der Waals surface area contributed by atoms with Crippen LogP contribution in [0.25, 0.3) is 0 Å². The predicted molar refractivity (Wildman–Crippen MR) is 161 cm³/mol. The van der Waals surface area contributed by atoms with E-state index in [0.29, 0.717) is 30.9 Å². The first kappa shape index (κ1) is 34.8. The maximum Gasteiger partial charge on any atom is 0.416 e. The van der Waals surface area contributed by atoms with Gasteiger partial charge in [0.25, 0.3) is 0 Å². The summed E-state index contributed by atoms with van der Waals surface area (Å²) >= 11 is 0. The lowest BCUT2D eigenvalue weighted by molar-refractivity contribution is -0.143. The van der Waals surface area contributed by atoms with E-state index in [1.807, 2.05) is 42.5 Å². The van der Waals surface area contributed by atoms with Crippen LogP contribution in [0.15, 0.2) is 72.8 Å². The van der Waals surface area contributed by atoms with Crippen molar-refractivity contribution in [2.24, 2.45) is 0 Å². The van der Waals surface area contributed by atoms with Crippen LogP contribution in [0.2, 0.25) is 0 Å². The van der Waals surface area contributed by atoms with Gasteiger partial charge in [-0.05, 0) is 111 Å². The second kappa shape index (κ2) is 13.7. The zero-order chi connectivity index (χ0) is 31.7. The highest BCUT2D eigenvalue weighted by molar-refractivity contribution is 5.88. The molecule has 45 heavy (non-hydrogen) atoms. The molecule has 1 heterocycles. The van der Waals surface area contributed by atoms with Gasteiger partial charge in [0.2, 0.25) is 5.91 Å². The Labute approximate surface area is 264 Å². The van der Waals surface area contributed by atoms with Crippen LogP contribution in [0, 0.1) is 5.82 Å². The second-order valence-corrected chi connectivity index (χ2v) is 12.1. The number of halogens is 8. The summed E-state index contributed by atoms with van der Waals surface area (Å²) in [4.78, 5) is 16.4. The van der Waals surface area contributed by atoms with Gasteiger partial charge in [0, 0.05) is 6.04 Å². The van der Waals surface area contributed by atoms with E-state index in [-0.39, 0.29) is 35.9 Å². The number of carbonyl (C=O) groups is 1. The number of rotatable bonds is 6. The minimum absolute atomic E-state index is 0. The van der Waals surface area contributed by atoms with Crippen LogP contribution in [-0.4, -0.2) is 29.9 Å². The fourth-order valence-corrected chi connectivity index (χ4v) is 6.84. The molecule has 1 aliphatic heterocycles. The highest BCUT2D eigenvalue weighted by atomic mass is 35.5. The van der Waals surface area contributed by atoms with Crippen LogP contribution in [0.4, 0.5) is 30.7 Å². The van der Waals surface area contributed by atoms with Crippen molar-refractivity contribution < 1.29 is 35.5 Å². The molecule has 2 fully saturated rings. The van der Waals surface area contributed by atoms with Crippen molar-refractivity contribution in [1.82, 2.24) is 10.2 Å². The molecule has 0 spiro atoms. The number of benzene rings is 3. The van der Waals surface area contributed by atoms with Crippen LogP contribution in [0.5, 0.6) is 0 Å². The molecule has 3 nitrogen and oxygen atoms in total. The Morgan fingerprint density at radius 2 is 1.36 bits per heavy atom. The van der Waals surface area contributed by atoms with Gasteiger partial charge >= 0.3 is 12.4 Å². The first-order chi connectivity index (χ1) is 20.8. The normalized spacial score (nSPS) is 22.4. The Morgan fingerprint density at radius 1 is 0.822 bits per heavy atom. The largest absolute Gasteiger partial charge is 0.416 e. The smallest absolute Gasteiger partial charge is 0.349 e. The van der Waals surface area contributed by atoms with Gasteiger partial charge in [-0.1, -0.05) is 42.5 Å². The van der Waals surface area contributed by atoms with E-state index >= 15 is 0 Å². The van der Waals surface area contributed by atoms with Crippen LogP contribution >= 0.6 is 12.4 Å². The standard InChI is InChI=1S/C34H35F7N2O.ClH/c1-22(25-19-27(33(36,37)38)21-28(20-25)34(39,40)41)42-31(44)32(26-5-3-2-4-6-26)15-11-30(12-16-32)43-17-13-24(14-18-43)23-7-9-29(35)10-8-23;/h2-10,19-22,24,30H,11-18H2,1H3,(H,42,44);1H/t22?,30-,32+;. The molecular weight excluding hydrogens is 621 g/mol. The van der Waals surface area contributed by atoms with E-state index in [1.165, 1.54) is 19.1 Å². The van der Waals surface area contributed by atoms with Gasteiger partial charge < -0.3 is 10.2 Å². The van der Waals surface area contributed by atoms with Gasteiger partial charge in [0.05, 0.1) is 22.6 Å². The van der Waals surface area contributed by atoms with Crippen LogP contribution in [0.1, 0.15) is 85.2 Å². The highest BCUT2D eigenvalue weighted by Crippen LogP contribution is 2.43. The number of nitrogens with zero attached hydrogens (tertiary/aromatic N) is 1. The Hall–Kier alpha value is -3.11. The zero-order valence-corrected chi connectivity index (χ0v) is 25.5. The quantitative estimate of drug-likeness (QED) is 0.268. The van der Waals surface area contributed by atoms with Crippen molar-refractivity contribution in [2.75, 3.05) is 13.1 Å². The first-order valence-corrected chi connectivity index (χ1v) is 14.9. The summed E-state index contributed by atoms with van der Waals surface area (Å²) < 4.78 is 94.2. The molecule has 1 aliphatic carbocycles. The highest BCUT2D eigenvalue weighted by Gasteiger charge is 2.45. The van der Waals surface area contributed by atoms with Gasteiger partial charge in [0.15, 0.2) is 0 Å². The SMILES string of the molecule is CC(NC(=O)[C@]1(c2ccccc2)CC[C@H](N2CCC(c3ccc(F)cc3)CC2)CC1)c1cc(C(F)(F)F)cc(C(F)(F)F)c1.Cl. The van der Waals surface area contributed by atoms with E-state index in [0.717, 1.165) is 49.9 Å². The average molecular weight is 657 g/mol. The van der Waals surface area contributed by atoms with Crippen molar-refractivity contribution in [2.45, 2.75) is 81.2 Å². The minimum Gasteiger partial charge on any atom is -0.349 e. The summed E-state index contributed by atoms with van der Waals surface area (Å²) in [6.45, 7) is 3.17. The number of alkyl halides is 6. The first-order valence-electron chi connectivity index (χ1n) is 14.9. The summed E-state index contributed by atoms with van der Waals surface area (Å²) in [6, 6.07) is 16.4. The Morgan fingerprint density at radius 3 is 1.87 bits per heavy atom. The van der Waals surface area contributed by atoms with Crippen molar-refractivity contribution in [3.63, 3.8) is 0 Å². The molecule has 1 saturated carbocycles. The lowest BCUT2D eigenvalue weighted by atomic mass is 9.67. The van der Waals surface area contributed by atoms with Crippen molar-refractivity contribution >= 4 is 18.3 Å². The number of nitrogens with one attached hydrogen (secondary N) is 1. The maximum absolute atomic E-state index is 14.0. The van der Waals surface area contributed by atoms with Crippen LogP contribution in [0.3, 0.4) is 0 Å². The van der Waals surface area contributed by atoms with Gasteiger partial charge in [-0.25, -0.2) is 4.39 Å². The van der Waals surface area contributed by atoms with E-state index in [1.54, 1.807) is 0 Å². The summed E-state index contributed by atoms with van der Waals surface area (Å²) in [5, 5.41) is 2.77. The van der Waals surface area contributed by atoms with Crippen molar-refractivity contribution in [3.05, 3.63) is 106 Å². The van der Waals surface area contributed by atoms with E-state index in [4.69, 9.17) is 0 Å². The predicted octanol–water partition coefficient (Wildman–Crippen LogP) is 9.22. The summed E-state index contributed by atoms with van der Waals surface area (Å²) in [6.07, 6.45) is -5.63. The zero-order valence-electron chi connectivity index (χ0n) is 24.7. The van der Waals surface area contributed by atoms with E-state index in [9.17, 15) is 35.5 Å². The molecular formula is C34H36ClF7N2O. The molecule has 3 aromatic rings. The molecule has 11 heteroatoms. The molecule has 1 N–H and O–H groups in total. The molecule has 3 aromatic carbocycles. The number of likely N-dealkylation sites (tertiary alicyclic amines) is 1. The number of piperidine rings is 1. The molecule has 5 rings (SSSR count). The molecule has 244 valence electrons. The Kier molecular flexibility index (Phi) is 10.6. The molecule has 1 atom stereocenters. The summed E-state index contributed by atoms with van der Waals surface area (Å²) in [7, 11) is 0. The van der Waals surface area contributed by atoms with Crippen molar-refractivity contribution in [1.29, 1.82) is 0 Å². The molecule has 0 radical (unpaired) electrons. The average Bonchev–Trinajstić information content (AvgIpc) is 3.01. The molecule has 1 unspecified atom stereocenters. The number of amides is 1. The molecule has 0 aromatic heterocycles. The van der Waals surface area contributed by atoms with Crippen molar-refractivity contribution in [3.8, 4) is 0 Å². The third kappa shape index (κ3) is 7.83. The molecule has 0 bridgehead atoms. The second-order valence-electron chi connectivity index (χ2n) is 12.1. The van der Waals surface area contributed by atoms with Crippen LogP contribution < -0.4 is 5.32 Å². The number of hydrogen-bond acceptors (Lipinski definition) is 2. The third-order valence-electron chi connectivity index (χ3n) is 9.41. The fraction of sp³-hybridized carbons (Fsp3) is 0.441. The molecule has 1 saturated heterocycles. The van der Waals surface area contributed by atoms with Gasteiger partial charge in [0.1, 0.15) is 5.82 Å². The minimum atomic E-state index is -4.98. The van der Waals surface area contributed by atoms with E-state index < -0.39 is 40.8 Å². The number of carbonyl (C=O) groups excluding carboxylic acids is 1. The monoisotopic (exact) mass is 656 g/mol. The topological polar surface area (TPSA) is 32.3 Å². The van der Waals surface area contributed by atoms with Gasteiger partial charge in [-0.2, -0.15) is 26.3 Å². The van der Waals surface area contributed by atoms with Gasteiger partial charge in [-0.3, -0.25) is 4.79 Å². The molecule has 1 amide bonds. The molecule has 2 aliphatic rings. The van der Waals surface area contributed by atoms with Gasteiger partial charge in [-0.15, -0.1) is 12.4 Å². The Balaban J connectivity index is 0.00000461. The number of hydrogen-bond donors (Lipinski definition) is 1. The fourth-order valence-electron chi connectivity index (χ4n) is 6.84. The maximum atomic E-state index is 14.0. The lowest BCUT2D eigenvalue weighted by Crippen LogP contribution is -2.51. The Bertz CT molecular complexity index is 1400. The third-order valence-corrected chi connectivity index (χ3v) is 9.41. The summed E-state index contributed by atoms with van der Waals surface area (Å²) in [5.41, 5.74) is -2.14. The summed E-state index contributed by atoms with van der Waals surface area (Å²) in [5.74, 6) is -0.301. The lowest BCUT2D eigenvalue weighted by Gasteiger charge is -2.45. The van der Waals surface area contributed by atoms with Crippen LogP contribution in [-0.2, 0) is 22.6 Å².